The molecule has 1 unspecified atom stereocenters. The molecule has 2 heterocycles. The van der Waals surface area contributed by atoms with E-state index in [4.69, 9.17) is 16.0 Å². The molecule has 39 heavy (non-hydrogen) atoms. The molecule has 0 saturated heterocycles. The second-order valence-corrected chi connectivity index (χ2v) is 9.97. The number of anilines is 2. The number of aromatic hydroxyl groups is 1. The van der Waals surface area contributed by atoms with Crippen molar-refractivity contribution in [2.24, 2.45) is 0 Å². The molecule has 0 aliphatic rings. The number of aryl methyl sites for hydroxylation is 1. The fraction of sp³-hybridized carbons (Fsp3) is 0.300. The molecule has 0 spiro atoms. The molecule has 0 radical (unpaired) electrons. The molecule has 1 atom stereocenters. The van der Waals surface area contributed by atoms with Gasteiger partial charge in [0.15, 0.2) is 23.3 Å². The average molecular weight is 552 g/mol. The Balaban J connectivity index is 1.85. The van der Waals surface area contributed by atoms with Crippen LogP contribution in [0.4, 0.5) is 16.0 Å². The van der Waals surface area contributed by atoms with Crippen molar-refractivity contribution in [1.29, 1.82) is 0 Å². The van der Waals surface area contributed by atoms with Crippen LogP contribution in [0.25, 0.3) is 22.2 Å². The van der Waals surface area contributed by atoms with E-state index in [2.05, 4.69) is 22.1 Å². The number of carbonyl (C=O) groups is 1. The number of halogens is 2. The van der Waals surface area contributed by atoms with Gasteiger partial charge in [-0.05, 0) is 70.0 Å². The molecule has 9 heteroatoms. The minimum atomic E-state index is -0.947. The summed E-state index contributed by atoms with van der Waals surface area (Å²) in [5, 5.41) is 13.9. The van der Waals surface area contributed by atoms with E-state index in [1.807, 2.05) is 32.9 Å². The Labute approximate surface area is 231 Å². The van der Waals surface area contributed by atoms with Crippen LogP contribution in [0.3, 0.4) is 0 Å². The highest BCUT2D eigenvalue weighted by Gasteiger charge is 2.22. The van der Waals surface area contributed by atoms with Crippen LogP contribution in [0.5, 0.6) is 5.75 Å². The summed E-state index contributed by atoms with van der Waals surface area (Å²) >= 11 is 6.18. The van der Waals surface area contributed by atoms with Gasteiger partial charge in [0.05, 0.1) is 33.9 Å². The Bertz CT molecular complexity index is 1620. The maximum Gasteiger partial charge on any atom is 0.202 e. The molecule has 0 saturated carbocycles. The highest BCUT2D eigenvalue weighted by molar-refractivity contribution is 6.29. The van der Waals surface area contributed by atoms with Crippen LogP contribution in [0.15, 0.2) is 45.6 Å². The molecule has 0 fully saturated rings. The van der Waals surface area contributed by atoms with E-state index in [-0.39, 0.29) is 27.8 Å². The number of benzene rings is 2. The first kappa shape index (κ1) is 28.1. The van der Waals surface area contributed by atoms with Crippen molar-refractivity contribution in [3.63, 3.8) is 0 Å². The number of phenolic OH excluding ortho intramolecular Hbond substituents is 1. The monoisotopic (exact) mass is 551 g/mol. The molecule has 0 amide bonds. The standard InChI is InChI=1S/C30H31ClFN3O4/c1-6-10-35(7-2)30-17(4)27(37)22-12-16(3)11-21(29(22)39-30)18(5)33-24-8-9-25(31)34-26(24)19-13-20(15-36)28(38)23(32)14-19/h8-9,11-15,18,33,38H,6-7,10H2,1-5H3. The minimum Gasteiger partial charge on any atom is -0.504 e. The molecule has 4 aromatic rings. The summed E-state index contributed by atoms with van der Waals surface area (Å²) < 4.78 is 20.9. The van der Waals surface area contributed by atoms with Crippen molar-refractivity contribution in [2.45, 2.75) is 47.1 Å². The van der Waals surface area contributed by atoms with E-state index in [1.54, 1.807) is 19.1 Å². The Kier molecular flexibility index (Phi) is 8.25. The van der Waals surface area contributed by atoms with Gasteiger partial charge in [0.25, 0.3) is 0 Å². The summed E-state index contributed by atoms with van der Waals surface area (Å²) in [7, 11) is 0. The summed E-state index contributed by atoms with van der Waals surface area (Å²) in [5.74, 6) is -1.11. The summed E-state index contributed by atoms with van der Waals surface area (Å²) in [6.07, 6.45) is 1.28. The molecule has 0 aliphatic heterocycles. The topological polar surface area (TPSA) is 95.7 Å². The van der Waals surface area contributed by atoms with Crippen molar-refractivity contribution >= 4 is 40.4 Å². The first-order valence-corrected chi connectivity index (χ1v) is 13.2. The lowest BCUT2D eigenvalue weighted by molar-refractivity contribution is 0.112. The first-order chi connectivity index (χ1) is 18.6. The first-order valence-electron chi connectivity index (χ1n) is 12.8. The minimum absolute atomic E-state index is 0.0761. The number of hydrogen-bond acceptors (Lipinski definition) is 7. The second kappa shape index (κ2) is 11.5. The molecule has 2 aromatic heterocycles. The molecular formula is C30H31ClFN3O4. The lowest BCUT2D eigenvalue weighted by Crippen LogP contribution is -2.26. The zero-order chi connectivity index (χ0) is 28.4. The van der Waals surface area contributed by atoms with E-state index in [1.165, 1.54) is 6.07 Å². The van der Waals surface area contributed by atoms with E-state index in [0.717, 1.165) is 30.2 Å². The van der Waals surface area contributed by atoms with Gasteiger partial charge in [-0.25, -0.2) is 9.37 Å². The normalized spacial score (nSPS) is 12.0. The molecule has 0 aliphatic carbocycles. The molecule has 204 valence electrons. The molecule has 2 aromatic carbocycles. The highest BCUT2D eigenvalue weighted by atomic mass is 35.5. The molecule has 2 N–H and O–H groups in total. The maximum absolute atomic E-state index is 14.4. The number of pyridine rings is 1. The number of hydrogen-bond donors (Lipinski definition) is 2. The predicted octanol–water partition coefficient (Wildman–Crippen LogP) is 7.19. The Morgan fingerprint density at radius 2 is 1.95 bits per heavy atom. The van der Waals surface area contributed by atoms with Gasteiger partial charge >= 0.3 is 0 Å². The molecule has 7 nitrogen and oxygen atoms in total. The number of nitrogens with zero attached hydrogens (tertiary/aromatic N) is 2. The van der Waals surface area contributed by atoms with Crippen molar-refractivity contribution < 1.29 is 18.7 Å². The SMILES string of the molecule is CCCN(CC)c1oc2c(C(C)Nc3ccc(Cl)nc3-c3cc(F)c(O)c(C=O)c3)cc(C)cc2c(=O)c1C. The van der Waals surface area contributed by atoms with Gasteiger partial charge in [0.2, 0.25) is 5.88 Å². The van der Waals surface area contributed by atoms with E-state index < -0.39 is 11.6 Å². The smallest absolute Gasteiger partial charge is 0.202 e. The van der Waals surface area contributed by atoms with E-state index in [0.29, 0.717) is 46.6 Å². The third-order valence-corrected chi connectivity index (χ3v) is 6.93. The van der Waals surface area contributed by atoms with Gasteiger partial charge in [0, 0.05) is 24.2 Å². The molecule has 4 rings (SSSR count). The van der Waals surface area contributed by atoms with Crippen LogP contribution < -0.4 is 15.6 Å². The van der Waals surface area contributed by atoms with E-state index in [9.17, 15) is 19.1 Å². The van der Waals surface area contributed by atoms with Gasteiger partial charge in [0.1, 0.15) is 10.7 Å². The highest BCUT2D eigenvalue weighted by Crippen LogP contribution is 2.36. The quantitative estimate of drug-likeness (QED) is 0.168. The van der Waals surface area contributed by atoms with Crippen molar-refractivity contribution in [3.05, 3.63) is 79.8 Å². The lowest BCUT2D eigenvalue weighted by Gasteiger charge is -2.24. The van der Waals surface area contributed by atoms with Crippen LogP contribution >= 0.6 is 11.6 Å². The second-order valence-electron chi connectivity index (χ2n) is 9.58. The summed E-state index contributed by atoms with van der Waals surface area (Å²) in [4.78, 5) is 31.3. The number of nitrogens with one attached hydrogen (secondary N) is 1. The van der Waals surface area contributed by atoms with Gasteiger partial charge in [-0.2, -0.15) is 0 Å². The third-order valence-electron chi connectivity index (χ3n) is 6.72. The van der Waals surface area contributed by atoms with Gasteiger partial charge < -0.3 is 19.7 Å². The van der Waals surface area contributed by atoms with Gasteiger partial charge in [-0.15, -0.1) is 0 Å². The summed E-state index contributed by atoms with van der Waals surface area (Å²) in [6.45, 7) is 11.2. The molecular weight excluding hydrogens is 521 g/mol. The number of aldehydes is 1. The fourth-order valence-corrected chi connectivity index (χ4v) is 4.93. The van der Waals surface area contributed by atoms with Crippen LogP contribution in [0.2, 0.25) is 5.15 Å². The number of fused-ring (bicyclic) bond motifs is 1. The Hall–Kier alpha value is -3.91. The zero-order valence-electron chi connectivity index (χ0n) is 22.6. The van der Waals surface area contributed by atoms with Crippen molar-refractivity contribution in [1.82, 2.24) is 4.98 Å². The average Bonchev–Trinajstić information content (AvgIpc) is 2.91. The predicted molar refractivity (Wildman–Crippen MR) is 154 cm³/mol. The van der Waals surface area contributed by atoms with Crippen LogP contribution in [-0.2, 0) is 0 Å². The van der Waals surface area contributed by atoms with Crippen LogP contribution in [0, 0.1) is 19.7 Å². The lowest BCUT2D eigenvalue weighted by atomic mass is 9.99. The Morgan fingerprint density at radius 3 is 2.62 bits per heavy atom. The van der Waals surface area contributed by atoms with Gasteiger partial charge in [-0.1, -0.05) is 24.6 Å². The summed E-state index contributed by atoms with van der Waals surface area (Å²) in [5.41, 5.74) is 3.52. The number of aromatic nitrogens is 1. The number of rotatable bonds is 9. The Morgan fingerprint density at radius 1 is 1.21 bits per heavy atom. The van der Waals surface area contributed by atoms with Crippen LogP contribution in [-0.4, -0.2) is 29.5 Å². The molecule has 0 bridgehead atoms. The van der Waals surface area contributed by atoms with Crippen molar-refractivity contribution in [2.75, 3.05) is 23.3 Å². The van der Waals surface area contributed by atoms with E-state index >= 15 is 0 Å². The number of phenols is 1. The maximum atomic E-state index is 14.4. The zero-order valence-corrected chi connectivity index (χ0v) is 23.3. The largest absolute Gasteiger partial charge is 0.504 e. The summed E-state index contributed by atoms with van der Waals surface area (Å²) in [6, 6.07) is 9.17. The third kappa shape index (κ3) is 5.47. The fourth-order valence-electron chi connectivity index (χ4n) is 4.78. The van der Waals surface area contributed by atoms with Crippen LogP contribution in [0.1, 0.15) is 60.3 Å². The number of carbonyl (C=O) groups excluding carboxylic acids is 1. The van der Waals surface area contributed by atoms with Gasteiger partial charge in [-0.3, -0.25) is 9.59 Å². The van der Waals surface area contributed by atoms with Crippen molar-refractivity contribution in [3.8, 4) is 17.0 Å².